The number of halogens is 1. The summed E-state index contributed by atoms with van der Waals surface area (Å²) in [5.74, 6) is -1.67. The Morgan fingerprint density at radius 1 is 1.28 bits per heavy atom. The minimum Gasteiger partial charge on any atom is -0.494 e. The fraction of sp³-hybridized carbons (Fsp3) is 0.391. The Morgan fingerprint density at radius 3 is 2.62 bits per heavy atom. The highest BCUT2D eigenvalue weighted by Gasteiger charge is 2.31. The Labute approximate surface area is 192 Å². The maximum absolute atomic E-state index is 15.4. The van der Waals surface area contributed by atoms with Gasteiger partial charge in [0.1, 0.15) is 11.4 Å². The molecule has 1 saturated carbocycles. The number of carboxylic acid groups (broad SMARTS) is 1. The van der Waals surface area contributed by atoms with Crippen molar-refractivity contribution < 1.29 is 19.0 Å². The van der Waals surface area contributed by atoms with Crippen LogP contribution in [0.3, 0.4) is 0 Å². The van der Waals surface area contributed by atoms with Gasteiger partial charge in [0.2, 0.25) is 5.43 Å². The first kappa shape index (κ1) is 23.9. The molecule has 0 bridgehead atoms. The van der Waals surface area contributed by atoms with Gasteiger partial charge in [-0.1, -0.05) is 7.43 Å². The molecular weight excluding hydrogens is 433 g/mol. The van der Waals surface area contributed by atoms with Gasteiger partial charge < -0.3 is 24.3 Å². The average molecular weight is 462 g/mol. The van der Waals surface area contributed by atoms with Crippen molar-refractivity contribution in [1.29, 1.82) is 0 Å². The number of hydrogen-bond acceptors (Lipinski definition) is 4. The Bertz CT molecular complexity index is 1260. The molecule has 0 unspecified atom stereocenters. The smallest absolute Gasteiger partial charge is 0.341 e. The standard InChI is InChI=1S/C22H22FN3O4.CH4.H2S/c1-11-8-25-9-12(5-14(25)7-24-11)18-17(23)6-15-19(21(18)30-2)26(13-3-4-13)10-16(20(15)27)22(28)29;;/h5-6,9-11,13,24H,3-4,7-8H2,1-2H3,(H,28,29);1H4;1H2/t11-;;/m0../s1. The summed E-state index contributed by atoms with van der Waals surface area (Å²) in [4.78, 5) is 24.4. The second-order valence-corrected chi connectivity index (χ2v) is 8.13. The van der Waals surface area contributed by atoms with Crippen LogP contribution in [0.4, 0.5) is 4.39 Å². The number of methoxy groups -OCH3 is 1. The minimum atomic E-state index is -1.32. The quantitative estimate of drug-likeness (QED) is 0.616. The Hall–Kier alpha value is -2.78. The van der Waals surface area contributed by atoms with E-state index in [4.69, 9.17) is 4.74 Å². The molecule has 3 aromatic rings. The lowest BCUT2D eigenvalue weighted by Gasteiger charge is -2.22. The van der Waals surface area contributed by atoms with Gasteiger partial charge in [-0.3, -0.25) is 4.79 Å². The molecule has 2 N–H and O–H groups in total. The van der Waals surface area contributed by atoms with Crippen molar-refractivity contribution in [3.05, 3.63) is 51.8 Å². The van der Waals surface area contributed by atoms with E-state index in [2.05, 4.69) is 16.8 Å². The molecule has 32 heavy (non-hydrogen) atoms. The van der Waals surface area contributed by atoms with E-state index in [9.17, 15) is 14.7 Å². The predicted octanol–water partition coefficient (Wildman–Crippen LogP) is 3.89. The molecule has 1 aliphatic carbocycles. The van der Waals surface area contributed by atoms with Crippen molar-refractivity contribution in [2.45, 2.75) is 52.4 Å². The lowest BCUT2D eigenvalue weighted by atomic mass is 10.0. The predicted molar refractivity (Wildman–Crippen MR) is 127 cm³/mol. The maximum atomic E-state index is 15.4. The zero-order chi connectivity index (χ0) is 21.2. The van der Waals surface area contributed by atoms with E-state index in [0.717, 1.165) is 31.1 Å². The second-order valence-electron chi connectivity index (χ2n) is 8.13. The number of aromatic nitrogens is 2. The summed E-state index contributed by atoms with van der Waals surface area (Å²) in [6.45, 7) is 3.56. The lowest BCUT2D eigenvalue weighted by molar-refractivity contribution is 0.0695. The highest BCUT2D eigenvalue weighted by atomic mass is 32.1. The fourth-order valence-corrected chi connectivity index (χ4v) is 4.36. The van der Waals surface area contributed by atoms with Gasteiger partial charge >= 0.3 is 5.97 Å². The van der Waals surface area contributed by atoms with Gasteiger partial charge in [-0.15, -0.1) is 0 Å². The van der Waals surface area contributed by atoms with Crippen LogP contribution < -0.4 is 15.5 Å². The van der Waals surface area contributed by atoms with E-state index in [1.54, 1.807) is 4.57 Å². The number of fused-ring (bicyclic) bond motifs is 2. The van der Waals surface area contributed by atoms with Crippen LogP contribution in [0.25, 0.3) is 22.0 Å². The number of aromatic carboxylic acids is 1. The maximum Gasteiger partial charge on any atom is 0.341 e. The van der Waals surface area contributed by atoms with E-state index in [-0.39, 0.29) is 49.2 Å². The van der Waals surface area contributed by atoms with Gasteiger partial charge in [0.25, 0.3) is 0 Å². The third-order valence-corrected chi connectivity index (χ3v) is 5.97. The second kappa shape index (κ2) is 8.63. The largest absolute Gasteiger partial charge is 0.494 e. The van der Waals surface area contributed by atoms with Crippen LogP contribution in [0.5, 0.6) is 5.75 Å². The van der Waals surface area contributed by atoms with E-state index < -0.39 is 17.2 Å². The summed E-state index contributed by atoms with van der Waals surface area (Å²) in [7, 11) is 1.45. The van der Waals surface area contributed by atoms with Crippen molar-refractivity contribution in [2.24, 2.45) is 0 Å². The number of hydrogen-bond donors (Lipinski definition) is 2. The zero-order valence-electron chi connectivity index (χ0n) is 17.2. The van der Waals surface area contributed by atoms with Crippen LogP contribution in [-0.4, -0.2) is 33.4 Å². The highest BCUT2D eigenvalue weighted by Crippen LogP contribution is 2.44. The molecular formula is C23H28FN3O4S. The van der Waals surface area contributed by atoms with Crippen LogP contribution in [0, 0.1) is 5.82 Å². The third kappa shape index (κ3) is 3.69. The molecule has 7 nitrogen and oxygen atoms in total. The van der Waals surface area contributed by atoms with Gasteiger partial charge in [0.05, 0.1) is 23.6 Å². The van der Waals surface area contributed by atoms with Gasteiger partial charge in [-0.25, -0.2) is 9.18 Å². The first-order chi connectivity index (χ1) is 14.4. The first-order valence-corrected chi connectivity index (χ1v) is 10.0. The summed E-state index contributed by atoms with van der Waals surface area (Å²) in [6, 6.07) is 3.47. The molecule has 172 valence electrons. The number of carboxylic acids is 1. The molecule has 1 aromatic carbocycles. The number of pyridine rings is 1. The number of benzene rings is 1. The van der Waals surface area contributed by atoms with E-state index >= 15 is 4.39 Å². The summed E-state index contributed by atoms with van der Waals surface area (Å²) in [6.07, 6.45) is 5.02. The summed E-state index contributed by atoms with van der Waals surface area (Å²) < 4.78 is 24.9. The Morgan fingerprint density at radius 2 is 2.00 bits per heavy atom. The Kier molecular flexibility index (Phi) is 6.44. The van der Waals surface area contributed by atoms with Crippen molar-refractivity contribution in [3.8, 4) is 16.9 Å². The molecule has 2 aromatic heterocycles. The number of ether oxygens (including phenoxy) is 1. The molecule has 9 heteroatoms. The van der Waals surface area contributed by atoms with Crippen LogP contribution >= 0.6 is 13.5 Å². The monoisotopic (exact) mass is 461 g/mol. The van der Waals surface area contributed by atoms with Crippen LogP contribution in [0.15, 0.2) is 29.3 Å². The topological polar surface area (TPSA) is 85.5 Å². The number of nitrogens with one attached hydrogen (secondary N) is 1. The van der Waals surface area contributed by atoms with Gasteiger partial charge in [0, 0.05) is 48.8 Å². The van der Waals surface area contributed by atoms with Crippen LogP contribution in [0.2, 0.25) is 0 Å². The van der Waals surface area contributed by atoms with Crippen LogP contribution in [0.1, 0.15) is 49.3 Å². The van der Waals surface area contributed by atoms with Crippen molar-refractivity contribution in [2.75, 3.05) is 7.11 Å². The number of carbonyl (C=O) groups is 1. The summed E-state index contributed by atoms with van der Waals surface area (Å²) in [5, 5.41) is 12.9. The van der Waals surface area contributed by atoms with Gasteiger partial charge in [-0.2, -0.15) is 13.5 Å². The van der Waals surface area contributed by atoms with E-state index in [1.165, 1.54) is 13.3 Å². The SMILES string of the molecule is C.COc1c(-c2cc3n(c2)C[C@H](C)NC3)c(F)cc2c(=O)c(C(=O)O)cn(C3CC3)c12.S. The van der Waals surface area contributed by atoms with E-state index in [1.807, 2.05) is 12.3 Å². The highest BCUT2D eigenvalue weighted by molar-refractivity contribution is 7.59. The van der Waals surface area contributed by atoms with E-state index in [0.29, 0.717) is 23.7 Å². The molecule has 1 aliphatic heterocycles. The molecule has 0 spiro atoms. The van der Waals surface area contributed by atoms with Gasteiger partial charge in [-0.05, 0) is 31.9 Å². The van der Waals surface area contributed by atoms with Crippen molar-refractivity contribution in [1.82, 2.24) is 14.5 Å². The number of nitrogens with zero attached hydrogens (tertiary/aromatic N) is 2. The fourth-order valence-electron chi connectivity index (χ4n) is 4.36. The average Bonchev–Trinajstić information content (AvgIpc) is 3.46. The van der Waals surface area contributed by atoms with Crippen molar-refractivity contribution >= 4 is 30.4 Å². The summed E-state index contributed by atoms with van der Waals surface area (Å²) in [5.41, 5.74) is 1.40. The third-order valence-electron chi connectivity index (χ3n) is 5.97. The number of rotatable bonds is 4. The van der Waals surface area contributed by atoms with Crippen LogP contribution in [-0.2, 0) is 13.1 Å². The molecule has 1 atom stereocenters. The summed E-state index contributed by atoms with van der Waals surface area (Å²) >= 11 is 0. The molecule has 5 rings (SSSR count). The molecule has 1 fully saturated rings. The van der Waals surface area contributed by atoms with Gasteiger partial charge in [0.15, 0.2) is 5.75 Å². The van der Waals surface area contributed by atoms with Crippen molar-refractivity contribution in [3.63, 3.8) is 0 Å². The Balaban J connectivity index is 0.00000144. The molecule has 0 radical (unpaired) electrons. The zero-order valence-corrected chi connectivity index (χ0v) is 18.2. The first-order valence-electron chi connectivity index (χ1n) is 10.0. The minimum absolute atomic E-state index is 0. The molecule has 3 heterocycles. The normalized spacial score (nSPS) is 17.3. The lowest BCUT2D eigenvalue weighted by Crippen LogP contribution is -2.35. The molecule has 0 amide bonds. The molecule has 2 aliphatic rings. The molecule has 0 saturated heterocycles.